The Balaban J connectivity index is 2.74. The van der Waals surface area contributed by atoms with E-state index in [0.717, 1.165) is 6.07 Å². The summed E-state index contributed by atoms with van der Waals surface area (Å²) >= 11 is 0. The van der Waals surface area contributed by atoms with Gasteiger partial charge in [0.05, 0.1) is 5.56 Å². The maximum atomic E-state index is 13.1. The van der Waals surface area contributed by atoms with Gasteiger partial charge in [-0.25, -0.2) is 0 Å². The quantitative estimate of drug-likeness (QED) is 0.908. The number of nitrogens with two attached hydrogens (primary N) is 1. The highest BCUT2D eigenvalue weighted by Crippen LogP contribution is 2.37. The highest BCUT2D eigenvalue weighted by molar-refractivity contribution is 5.88. The zero-order valence-electron chi connectivity index (χ0n) is 11.0. The molecule has 2 N–H and O–H groups in total. The average Bonchev–Trinajstić information content (AvgIpc) is 2.65. The summed E-state index contributed by atoms with van der Waals surface area (Å²) < 4.78 is 41.2. The predicted octanol–water partition coefficient (Wildman–Crippen LogP) is 3.57. The van der Waals surface area contributed by atoms with Gasteiger partial charge in [-0.05, 0) is 38.0 Å². The van der Waals surface area contributed by atoms with Crippen molar-refractivity contribution < 1.29 is 13.2 Å². The van der Waals surface area contributed by atoms with Crippen LogP contribution in [-0.4, -0.2) is 10.6 Å². The van der Waals surface area contributed by atoms with Gasteiger partial charge in [0.15, 0.2) is 0 Å². The van der Waals surface area contributed by atoms with Crippen LogP contribution < -0.4 is 5.73 Å². The molecule has 0 saturated heterocycles. The van der Waals surface area contributed by atoms with Gasteiger partial charge in [0.2, 0.25) is 0 Å². The van der Waals surface area contributed by atoms with Gasteiger partial charge in [-0.15, -0.1) is 0 Å². The van der Waals surface area contributed by atoms with E-state index in [4.69, 9.17) is 5.73 Å². The third kappa shape index (κ3) is 2.61. The van der Waals surface area contributed by atoms with Gasteiger partial charge in [0.1, 0.15) is 0 Å². The first-order valence-corrected chi connectivity index (χ1v) is 6.28. The average molecular weight is 270 g/mol. The molecule has 0 radical (unpaired) electrons. The van der Waals surface area contributed by atoms with Crippen molar-refractivity contribution >= 4 is 10.9 Å². The lowest BCUT2D eigenvalue weighted by Crippen LogP contribution is -2.18. The summed E-state index contributed by atoms with van der Waals surface area (Å²) in [6.07, 6.45) is -2.12. The standard InChI is InChI=1S/C14H17F3N2/c1-3-19-8-10(7-9(2)18)13-11(14(15,16)17)5-4-6-12(13)19/h4-6,8-9H,3,7,18H2,1-2H3. The van der Waals surface area contributed by atoms with E-state index in [0.29, 0.717) is 24.0 Å². The minimum absolute atomic E-state index is 0.169. The molecule has 5 heteroatoms. The van der Waals surface area contributed by atoms with Crippen LogP contribution in [0.5, 0.6) is 0 Å². The van der Waals surface area contributed by atoms with E-state index in [2.05, 4.69) is 0 Å². The summed E-state index contributed by atoms with van der Waals surface area (Å²) in [4.78, 5) is 0. The molecule has 1 aromatic carbocycles. The summed E-state index contributed by atoms with van der Waals surface area (Å²) in [5.74, 6) is 0. The topological polar surface area (TPSA) is 30.9 Å². The number of hydrogen-bond acceptors (Lipinski definition) is 1. The molecule has 0 aliphatic carbocycles. The number of aryl methyl sites for hydroxylation is 1. The normalized spacial score (nSPS) is 14.0. The number of benzene rings is 1. The predicted molar refractivity (Wildman–Crippen MR) is 70.0 cm³/mol. The number of halogens is 3. The molecule has 1 heterocycles. The lowest BCUT2D eigenvalue weighted by atomic mass is 10.0. The molecule has 0 amide bonds. The molecule has 2 rings (SSSR count). The number of rotatable bonds is 3. The maximum absolute atomic E-state index is 13.1. The van der Waals surface area contributed by atoms with Crippen LogP contribution in [0.4, 0.5) is 13.2 Å². The zero-order chi connectivity index (χ0) is 14.2. The van der Waals surface area contributed by atoms with Crippen LogP contribution >= 0.6 is 0 Å². The van der Waals surface area contributed by atoms with Crippen molar-refractivity contribution in [3.63, 3.8) is 0 Å². The van der Waals surface area contributed by atoms with E-state index in [1.807, 2.05) is 11.5 Å². The van der Waals surface area contributed by atoms with Crippen LogP contribution in [-0.2, 0) is 19.1 Å². The van der Waals surface area contributed by atoms with Crippen LogP contribution in [0.2, 0.25) is 0 Å². The molecule has 104 valence electrons. The number of aromatic nitrogens is 1. The molecule has 0 saturated carbocycles. The summed E-state index contributed by atoms with van der Waals surface area (Å²) in [6.45, 7) is 4.34. The number of alkyl halides is 3. The minimum atomic E-state index is -4.34. The van der Waals surface area contributed by atoms with Gasteiger partial charge in [-0.2, -0.15) is 13.2 Å². The summed E-state index contributed by atoms with van der Waals surface area (Å²) in [5.41, 5.74) is 6.44. The van der Waals surface area contributed by atoms with Gasteiger partial charge in [0, 0.05) is 29.7 Å². The Morgan fingerprint density at radius 1 is 1.32 bits per heavy atom. The van der Waals surface area contributed by atoms with Crippen molar-refractivity contribution in [2.75, 3.05) is 0 Å². The van der Waals surface area contributed by atoms with Gasteiger partial charge in [0.25, 0.3) is 0 Å². The second-order valence-corrected chi connectivity index (χ2v) is 4.82. The molecule has 2 aromatic rings. The highest BCUT2D eigenvalue weighted by Gasteiger charge is 2.34. The van der Waals surface area contributed by atoms with Gasteiger partial charge < -0.3 is 10.3 Å². The van der Waals surface area contributed by atoms with Crippen molar-refractivity contribution in [1.29, 1.82) is 0 Å². The van der Waals surface area contributed by atoms with Crippen LogP contribution in [0, 0.1) is 0 Å². The largest absolute Gasteiger partial charge is 0.417 e. The fraction of sp³-hybridized carbons (Fsp3) is 0.429. The fourth-order valence-corrected chi connectivity index (χ4v) is 2.44. The number of hydrogen-bond donors (Lipinski definition) is 1. The molecule has 1 aromatic heterocycles. The van der Waals surface area contributed by atoms with E-state index in [9.17, 15) is 13.2 Å². The molecular formula is C14H17F3N2. The van der Waals surface area contributed by atoms with Crippen molar-refractivity contribution in [2.24, 2.45) is 5.73 Å². The van der Waals surface area contributed by atoms with E-state index in [1.165, 1.54) is 6.07 Å². The van der Waals surface area contributed by atoms with Crippen LogP contribution in [0.3, 0.4) is 0 Å². The SMILES string of the molecule is CCn1cc(CC(C)N)c2c(C(F)(F)F)cccc21. The van der Waals surface area contributed by atoms with Crippen LogP contribution in [0.25, 0.3) is 10.9 Å². The molecule has 0 aliphatic rings. The second-order valence-electron chi connectivity index (χ2n) is 4.82. The molecule has 1 unspecified atom stereocenters. The monoisotopic (exact) mass is 270 g/mol. The first-order chi connectivity index (χ1) is 8.84. The van der Waals surface area contributed by atoms with Crippen molar-refractivity contribution in [3.05, 3.63) is 35.5 Å². The third-order valence-electron chi connectivity index (χ3n) is 3.17. The molecule has 0 fully saturated rings. The van der Waals surface area contributed by atoms with Gasteiger partial charge in [-0.3, -0.25) is 0 Å². The molecule has 0 bridgehead atoms. The Morgan fingerprint density at radius 3 is 2.53 bits per heavy atom. The molecule has 0 aliphatic heterocycles. The Kier molecular flexibility index (Phi) is 3.58. The maximum Gasteiger partial charge on any atom is 0.417 e. The molecular weight excluding hydrogens is 253 g/mol. The summed E-state index contributed by atoms with van der Waals surface area (Å²) in [6, 6.07) is 4.14. The Labute approximate surface area is 110 Å². The first-order valence-electron chi connectivity index (χ1n) is 6.28. The van der Waals surface area contributed by atoms with Crippen molar-refractivity contribution in [2.45, 2.75) is 39.0 Å². The number of nitrogens with zero attached hydrogens (tertiary/aromatic N) is 1. The summed E-state index contributed by atoms with van der Waals surface area (Å²) in [7, 11) is 0. The Morgan fingerprint density at radius 2 is 2.00 bits per heavy atom. The zero-order valence-corrected chi connectivity index (χ0v) is 11.0. The van der Waals surface area contributed by atoms with E-state index in [1.54, 1.807) is 19.2 Å². The smallest absolute Gasteiger partial charge is 0.347 e. The lowest BCUT2D eigenvalue weighted by Gasteiger charge is -2.11. The molecule has 0 spiro atoms. The van der Waals surface area contributed by atoms with Crippen molar-refractivity contribution in [1.82, 2.24) is 4.57 Å². The van der Waals surface area contributed by atoms with E-state index >= 15 is 0 Å². The highest BCUT2D eigenvalue weighted by atomic mass is 19.4. The van der Waals surface area contributed by atoms with E-state index < -0.39 is 11.7 Å². The van der Waals surface area contributed by atoms with Crippen LogP contribution in [0.15, 0.2) is 24.4 Å². The van der Waals surface area contributed by atoms with E-state index in [-0.39, 0.29) is 11.4 Å². The Hall–Kier alpha value is -1.49. The number of fused-ring (bicyclic) bond motifs is 1. The van der Waals surface area contributed by atoms with Gasteiger partial charge in [-0.1, -0.05) is 6.07 Å². The molecule has 19 heavy (non-hydrogen) atoms. The van der Waals surface area contributed by atoms with Gasteiger partial charge >= 0.3 is 6.18 Å². The Bertz CT molecular complexity index is 582. The molecule has 1 atom stereocenters. The summed E-state index contributed by atoms with van der Waals surface area (Å²) in [5, 5.41) is 0.286. The minimum Gasteiger partial charge on any atom is -0.347 e. The lowest BCUT2D eigenvalue weighted by molar-refractivity contribution is -0.136. The van der Waals surface area contributed by atoms with Crippen LogP contribution in [0.1, 0.15) is 25.0 Å². The third-order valence-corrected chi connectivity index (χ3v) is 3.17. The fourth-order valence-electron chi connectivity index (χ4n) is 2.44. The van der Waals surface area contributed by atoms with Crippen molar-refractivity contribution in [3.8, 4) is 0 Å². The first kappa shape index (κ1) is 13.9. The second kappa shape index (κ2) is 4.89. The molecule has 2 nitrogen and oxygen atoms in total.